The minimum atomic E-state index is 0.503. The lowest BCUT2D eigenvalue weighted by Gasteiger charge is -2.02. The summed E-state index contributed by atoms with van der Waals surface area (Å²) < 4.78 is 1.69. The molecule has 0 aliphatic carbocycles. The van der Waals surface area contributed by atoms with Crippen LogP contribution in [0.15, 0.2) is 30.6 Å². The van der Waals surface area contributed by atoms with E-state index in [1.807, 2.05) is 18.2 Å². The van der Waals surface area contributed by atoms with Crippen LogP contribution in [0.5, 0.6) is 0 Å². The summed E-state index contributed by atoms with van der Waals surface area (Å²) in [5.41, 5.74) is 7.98. The molecule has 0 saturated heterocycles. The van der Waals surface area contributed by atoms with Crippen molar-refractivity contribution in [3.8, 4) is 0 Å². The second kappa shape index (κ2) is 8.99. The van der Waals surface area contributed by atoms with Crippen molar-refractivity contribution in [1.82, 2.24) is 9.97 Å². The second-order valence-electron chi connectivity index (χ2n) is 4.08. The van der Waals surface area contributed by atoms with E-state index < -0.39 is 0 Å². The average molecular weight is 516 g/mol. The largest absolute Gasteiger partial charge is 0.384 e. The van der Waals surface area contributed by atoms with Gasteiger partial charge >= 0.3 is 0 Å². The SMILES string of the molecule is CC(I)c1ccnc(N)c1.CCc1cc(Cl)ncc1I. The van der Waals surface area contributed by atoms with Crippen molar-refractivity contribution in [2.45, 2.75) is 24.2 Å². The van der Waals surface area contributed by atoms with Gasteiger partial charge in [-0.25, -0.2) is 9.97 Å². The highest BCUT2D eigenvalue weighted by molar-refractivity contribution is 14.1. The van der Waals surface area contributed by atoms with Crippen LogP contribution in [0.25, 0.3) is 0 Å². The van der Waals surface area contributed by atoms with E-state index in [0.29, 0.717) is 14.9 Å². The zero-order valence-electron chi connectivity index (χ0n) is 11.3. The molecule has 0 fully saturated rings. The first kappa shape index (κ1) is 17.9. The summed E-state index contributed by atoms with van der Waals surface area (Å²) in [7, 11) is 0. The van der Waals surface area contributed by atoms with Crippen molar-refractivity contribution in [3.63, 3.8) is 0 Å². The van der Waals surface area contributed by atoms with Crippen LogP contribution in [0, 0.1) is 3.57 Å². The van der Waals surface area contributed by atoms with Crippen LogP contribution in [0.2, 0.25) is 5.15 Å². The third-order valence-corrected chi connectivity index (χ3v) is 4.44. The van der Waals surface area contributed by atoms with E-state index in [2.05, 4.69) is 69.0 Å². The molecule has 1 atom stereocenters. The van der Waals surface area contributed by atoms with Gasteiger partial charge in [0.15, 0.2) is 0 Å². The van der Waals surface area contributed by atoms with Crippen LogP contribution < -0.4 is 5.73 Å². The van der Waals surface area contributed by atoms with Crippen LogP contribution >= 0.6 is 56.8 Å². The molecule has 0 aliphatic heterocycles. The monoisotopic (exact) mass is 515 g/mol. The van der Waals surface area contributed by atoms with Crippen molar-refractivity contribution in [2.75, 3.05) is 5.73 Å². The summed E-state index contributed by atoms with van der Waals surface area (Å²) in [4.78, 5) is 7.84. The van der Waals surface area contributed by atoms with E-state index in [-0.39, 0.29) is 0 Å². The third kappa shape index (κ3) is 6.09. The molecule has 6 heteroatoms. The van der Waals surface area contributed by atoms with E-state index in [4.69, 9.17) is 17.3 Å². The summed E-state index contributed by atoms with van der Waals surface area (Å²) in [6, 6.07) is 5.79. The van der Waals surface area contributed by atoms with E-state index in [9.17, 15) is 0 Å². The van der Waals surface area contributed by atoms with Gasteiger partial charge in [-0.05, 0) is 65.3 Å². The van der Waals surface area contributed by atoms with Gasteiger partial charge in [0.05, 0.1) is 0 Å². The molecule has 2 aromatic rings. The Labute approximate surface area is 152 Å². The minimum Gasteiger partial charge on any atom is -0.384 e. The fourth-order valence-corrected chi connectivity index (χ4v) is 2.68. The molecule has 2 heterocycles. The van der Waals surface area contributed by atoms with Crippen molar-refractivity contribution in [2.24, 2.45) is 0 Å². The maximum Gasteiger partial charge on any atom is 0.129 e. The van der Waals surface area contributed by atoms with Crippen molar-refractivity contribution >= 4 is 62.6 Å². The van der Waals surface area contributed by atoms with Crippen LogP contribution in [0.3, 0.4) is 0 Å². The Hall–Kier alpha value is -0.150. The number of hydrogen-bond donors (Lipinski definition) is 1. The number of nitrogens with zero attached hydrogens (tertiary/aromatic N) is 2. The Morgan fingerprint density at radius 1 is 1.35 bits per heavy atom. The first-order chi connectivity index (χ1) is 9.43. The maximum absolute atomic E-state index is 5.68. The second-order valence-corrected chi connectivity index (χ2v) is 7.50. The molecule has 2 rings (SSSR count). The molecule has 2 N–H and O–H groups in total. The zero-order valence-corrected chi connectivity index (χ0v) is 16.3. The van der Waals surface area contributed by atoms with Gasteiger partial charge in [0.1, 0.15) is 11.0 Å². The number of alkyl halides is 1. The molecule has 0 bridgehead atoms. The van der Waals surface area contributed by atoms with Gasteiger partial charge in [0, 0.05) is 19.9 Å². The molecule has 0 amide bonds. The van der Waals surface area contributed by atoms with Gasteiger partial charge in [0.2, 0.25) is 0 Å². The van der Waals surface area contributed by atoms with Crippen molar-refractivity contribution in [1.29, 1.82) is 0 Å². The summed E-state index contributed by atoms with van der Waals surface area (Å²) in [6.45, 7) is 4.23. The topological polar surface area (TPSA) is 51.8 Å². The molecule has 108 valence electrons. The Bertz CT molecular complexity index is 562. The zero-order chi connectivity index (χ0) is 15.1. The highest BCUT2D eigenvalue weighted by Gasteiger charge is 1.99. The van der Waals surface area contributed by atoms with Gasteiger partial charge in [-0.15, -0.1) is 0 Å². The Balaban J connectivity index is 0.000000200. The highest BCUT2D eigenvalue weighted by atomic mass is 127. The number of aryl methyl sites for hydroxylation is 1. The first-order valence-corrected chi connectivity index (χ1v) is 8.79. The lowest BCUT2D eigenvalue weighted by atomic mass is 10.2. The predicted octanol–water partition coefficient (Wildman–Crippen LogP) is 5.06. The number of rotatable bonds is 2. The molecule has 3 nitrogen and oxygen atoms in total. The van der Waals surface area contributed by atoms with Crippen LogP contribution in [0.4, 0.5) is 5.82 Å². The van der Waals surface area contributed by atoms with E-state index in [0.717, 1.165) is 6.42 Å². The minimum absolute atomic E-state index is 0.503. The van der Waals surface area contributed by atoms with Gasteiger partial charge < -0.3 is 5.73 Å². The average Bonchev–Trinajstić information content (AvgIpc) is 2.42. The predicted molar refractivity (Wildman–Crippen MR) is 102 cm³/mol. The molecular weight excluding hydrogens is 499 g/mol. The summed E-state index contributed by atoms with van der Waals surface area (Å²) >= 11 is 10.3. The Morgan fingerprint density at radius 3 is 2.50 bits per heavy atom. The van der Waals surface area contributed by atoms with E-state index in [1.165, 1.54) is 14.7 Å². The van der Waals surface area contributed by atoms with Crippen LogP contribution in [-0.2, 0) is 6.42 Å². The fourth-order valence-electron chi connectivity index (χ4n) is 1.44. The lowest BCUT2D eigenvalue weighted by Crippen LogP contribution is -1.91. The maximum atomic E-state index is 5.68. The molecule has 0 aliphatic rings. The summed E-state index contributed by atoms with van der Waals surface area (Å²) in [5.74, 6) is 0.598. The van der Waals surface area contributed by atoms with Gasteiger partial charge in [0.25, 0.3) is 0 Å². The lowest BCUT2D eigenvalue weighted by molar-refractivity contribution is 1.10. The smallest absolute Gasteiger partial charge is 0.129 e. The Morgan fingerprint density at radius 2 is 2.05 bits per heavy atom. The fraction of sp³-hybridized carbons (Fsp3) is 0.286. The Kier molecular flexibility index (Phi) is 8.04. The molecule has 0 spiro atoms. The van der Waals surface area contributed by atoms with Crippen molar-refractivity contribution in [3.05, 3.63) is 50.4 Å². The normalized spacial score (nSPS) is 11.4. The molecular formula is C14H16ClI2N3. The molecule has 0 aromatic carbocycles. The number of anilines is 1. The number of pyridine rings is 2. The van der Waals surface area contributed by atoms with Gasteiger partial charge in [-0.2, -0.15) is 0 Å². The summed E-state index contributed by atoms with van der Waals surface area (Å²) in [6.07, 6.45) is 4.54. The van der Waals surface area contributed by atoms with Crippen LogP contribution in [-0.4, -0.2) is 9.97 Å². The number of nitrogen functional groups attached to an aromatic ring is 1. The first-order valence-electron chi connectivity index (χ1n) is 6.09. The van der Waals surface area contributed by atoms with E-state index in [1.54, 1.807) is 12.4 Å². The molecule has 2 aromatic heterocycles. The number of aromatic nitrogens is 2. The molecule has 0 radical (unpaired) electrons. The number of nitrogens with two attached hydrogens (primary N) is 1. The van der Waals surface area contributed by atoms with Gasteiger partial charge in [-0.3, -0.25) is 0 Å². The number of halogens is 3. The third-order valence-electron chi connectivity index (χ3n) is 2.55. The molecule has 0 saturated carbocycles. The molecule has 1 unspecified atom stereocenters. The van der Waals surface area contributed by atoms with Gasteiger partial charge in [-0.1, -0.05) is 41.1 Å². The van der Waals surface area contributed by atoms with Crippen molar-refractivity contribution < 1.29 is 0 Å². The quantitative estimate of drug-likeness (QED) is 0.346. The summed E-state index contributed by atoms with van der Waals surface area (Å²) in [5, 5.41) is 0.581. The standard InChI is InChI=1S/C7H7ClIN.C7H9IN2/c1-2-5-3-7(8)10-4-6(5)9;1-5(8)6-2-3-10-7(9)4-6/h3-4H,2H2,1H3;2-5H,1H3,(H2,9,10). The number of hydrogen-bond acceptors (Lipinski definition) is 3. The molecule has 20 heavy (non-hydrogen) atoms. The van der Waals surface area contributed by atoms with Crippen LogP contribution in [0.1, 0.15) is 28.9 Å². The van der Waals surface area contributed by atoms with E-state index >= 15 is 0 Å². The highest BCUT2D eigenvalue weighted by Crippen LogP contribution is 2.22.